The van der Waals surface area contributed by atoms with E-state index < -0.39 is 91.4 Å². The van der Waals surface area contributed by atoms with E-state index >= 15 is 0 Å². The number of rotatable bonds is 17. The maximum Gasteiger partial charge on any atom is 0.326 e. The highest BCUT2D eigenvalue weighted by Gasteiger charge is 2.31. The SMILES string of the molecule is NC(=O)CC(NC(=O)C(N)CCC(=O)O)C(=O)NC(Cc1ccccc1)C(=O)NC(CCC(=O)O)C(=O)O. The lowest BCUT2D eigenvalue weighted by atomic mass is 10.0. The van der Waals surface area contributed by atoms with Crippen molar-refractivity contribution in [3.05, 3.63) is 35.9 Å². The number of carboxylic acid groups (broad SMARTS) is 3. The first-order chi connectivity index (χ1) is 17.8. The molecule has 208 valence electrons. The first kappa shape index (κ1) is 31.5. The highest BCUT2D eigenvalue weighted by molar-refractivity contribution is 5.96. The minimum absolute atomic E-state index is 0.126. The van der Waals surface area contributed by atoms with Crippen molar-refractivity contribution in [2.45, 2.75) is 62.7 Å². The van der Waals surface area contributed by atoms with Crippen molar-refractivity contribution < 1.29 is 48.9 Å². The average Bonchev–Trinajstić information content (AvgIpc) is 2.83. The lowest BCUT2D eigenvalue weighted by Crippen LogP contribution is -2.58. The monoisotopic (exact) mass is 537 g/mol. The van der Waals surface area contributed by atoms with Crippen LogP contribution in [0.3, 0.4) is 0 Å². The molecular weight excluding hydrogens is 506 g/mol. The summed E-state index contributed by atoms with van der Waals surface area (Å²) in [6.07, 6.45) is -2.44. The van der Waals surface area contributed by atoms with Crippen molar-refractivity contribution in [2.24, 2.45) is 11.5 Å². The Hall–Kier alpha value is -4.53. The Labute approximate surface area is 216 Å². The van der Waals surface area contributed by atoms with E-state index in [0.717, 1.165) is 0 Å². The summed E-state index contributed by atoms with van der Waals surface area (Å²) in [5.74, 6) is -7.84. The van der Waals surface area contributed by atoms with Gasteiger partial charge in [0.2, 0.25) is 23.6 Å². The van der Waals surface area contributed by atoms with E-state index in [2.05, 4.69) is 16.0 Å². The molecule has 0 saturated heterocycles. The normalized spacial score (nSPS) is 13.7. The van der Waals surface area contributed by atoms with Crippen LogP contribution in [0.4, 0.5) is 0 Å². The molecule has 10 N–H and O–H groups in total. The van der Waals surface area contributed by atoms with Gasteiger partial charge >= 0.3 is 17.9 Å². The van der Waals surface area contributed by atoms with Gasteiger partial charge in [0.15, 0.2) is 0 Å². The molecule has 38 heavy (non-hydrogen) atoms. The first-order valence-corrected chi connectivity index (χ1v) is 11.5. The Morgan fingerprint density at radius 3 is 1.74 bits per heavy atom. The number of hydrogen-bond acceptors (Lipinski definition) is 8. The summed E-state index contributed by atoms with van der Waals surface area (Å²) in [6.45, 7) is 0. The zero-order chi connectivity index (χ0) is 28.8. The average molecular weight is 538 g/mol. The lowest BCUT2D eigenvalue weighted by molar-refractivity contribution is -0.143. The van der Waals surface area contributed by atoms with E-state index in [1.807, 2.05) is 0 Å². The summed E-state index contributed by atoms with van der Waals surface area (Å²) in [4.78, 5) is 82.9. The predicted octanol–water partition coefficient (Wildman–Crippen LogP) is -2.30. The van der Waals surface area contributed by atoms with Gasteiger partial charge in [-0.1, -0.05) is 30.3 Å². The van der Waals surface area contributed by atoms with Crippen LogP contribution in [-0.2, 0) is 40.0 Å². The van der Waals surface area contributed by atoms with Crippen LogP contribution >= 0.6 is 0 Å². The summed E-state index contributed by atoms with van der Waals surface area (Å²) >= 11 is 0. The third-order valence-electron chi connectivity index (χ3n) is 5.22. The number of aliphatic carboxylic acids is 3. The van der Waals surface area contributed by atoms with Gasteiger partial charge < -0.3 is 42.7 Å². The maximum atomic E-state index is 13.0. The van der Waals surface area contributed by atoms with Crippen molar-refractivity contribution in [2.75, 3.05) is 0 Å². The van der Waals surface area contributed by atoms with Gasteiger partial charge in [-0.05, 0) is 18.4 Å². The van der Waals surface area contributed by atoms with E-state index in [1.165, 1.54) is 0 Å². The van der Waals surface area contributed by atoms with Crippen LogP contribution in [0.2, 0.25) is 0 Å². The van der Waals surface area contributed by atoms with Crippen molar-refractivity contribution in [3.63, 3.8) is 0 Å². The molecule has 0 aliphatic carbocycles. The fourth-order valence-electron chi connectivity index (χ4n) is 3.23. The second kappa shape index (κ2) is 15.6. The Morgan fingerprint density at radius 1 is 0.711 bits per heavy atom. The fourth-order valence-corrected chi connectivity index (χ4v) is 3.23. The zero-order valence-electron chi connectivity index (χ0n) is 20.3. The second-order valence-corrected chi connectivity index (χ2v) is 8.35. The van der Waals surface area contributed by atoms with E-state index in [1.54, 1.807) is 30.3 Å². The van der Waals surface area contributed by atoms with E-state index in [4.69, 9.17) is 21.7 Å². The molecule has 1 aromatic rings. The van der Waals surface area contributed by atoms with Crippen molar-refractivity contribution in [3.8, 4) is 0 Å². The number of carbonyl (C=O) groups excluding carboxylic acids is 4. The summed E-state index contributed by atoms with van der Waals surface area (Å²) in [5.41, 5.74) is 11.4. The van der Waals surface area contributed by atoms with Crippen LogP contribution in [0.5, 0.6) is 0 Å². The van der Waals surface area contributed by atoms with Crippen molar-refractivity contribution in [1.29, 1.82) is 0 Å². The number of nitrogens with two attached hydrogens (primary N) is 2. The molecule has 0 spiro atoms. The van der Waals surface area contributed by atoms with Gasteiger partial charge in [-0.25, -0.2) is 4.79 Å². The number of nitrogens with one attached hydrogen (secondary N) is 3. The molecule has 0 radical (unpaired) electrons. The topological polar surface area (TPSA) is 268 Å². The van der Waals surface area contributed by atoms with Crippen molar-refractivity contribution in [1.82, 2.24) is 16.0 Å². The Kier molecular flexibility index (Phi) is 12.9. The molecule has 4 amide bonds. The van der Waals surface area contributed by atoms with Crippen molar-refractivity contribution >= 4 is 41.5 Å². The molecule has 15 heteroatoms. The standard InChI is InChI=1S/C23H31N5O10/c24-13(6-8-18(30)31)20(34)27-16(11-17(25)29)22(36)28-15(10-12-4-2-1-3-5-12)21(35)26-14(23(37)38)7-9-19(32)33/h1-5,13-16H,6-11,24H2,(H2,25,29)(H,26,35)(H,27,34)(H,28,36)(H,30,31)(H,32,33)(H,37,38). The van der Waals surface area contributed by atoms with Gasteiger partial charge in [0.25, 0.3) is 0 Å². The predicted molar refractivity (Wildman–Crippen MR) is 129 cm³/mol. The molecule has 0 bridgehead atoms. The third kappa shape index (κ3) is 11.9. The van der Waals surface area contributed by atoms with Gasteiger partial charge in [-0.2, -0.15) is 0 Å². The molecule has 0 heterocycles. The molecule has 0 aliphatic rings. The molecule has 0 aromatic heterocycles. The molecule has 1 rings (SSSR count). The summed E-state index contributed by atoms with van der Waals surface area (Å²) in [5, 5.41) is 33.7. The highest BCUT2D eigenvalue weighted by Crippen LogP contribution is 2.07. The summed E-state index contributed by atoms with van der Waals surface area (Å²) in [7, 11) is 0. The quantitative estimate of drug-likeness (QED) is 0.105. The molecule has 4 atom stereocenters. The van der Waals surface area contributed by atoms with Gasteiger partial charge in [0.1, 0.15) is 18.1 Å². The van der Waals surface area contributed by atoms with Gasteiger partial charge in [0.05, 0.1) is 12.5 Å². The molecular formula is C23H31N5O10. The van der Waals surface area contributed by atoms with E-state index in [0.29, 0.717) is 5.56 Å². The Balaban J connectivity index is 3.11. The van der Waals surface area contributed by atoms with E-state index in [9.17, 15) is 38.7 Å². The van der Waals surface area contributed by atoms with E-state index in [-0.39, 0.29) is 12.8 Å². The molecule has 4 unspecified atom stereocenters. The Bertz CT molecular complexity index is 1030. The molecule has 15 nitrogen and oxygen atoms in total. The Morgan fingerprint density at radius 2 is 1.21 bits per heavy atom. The number of carboxylic acids is 3. The van der Waals surface area contributed by atoms with Crippen LogP contribution < -0.4 is 27.4 Å². The van der Waals surface area contributed by atoms with Gasteiger partial charge in [-0.15, -0.1) is 0 Å². The smallest absolute Gasteiger partial charge is 0.326 e. The molecule has 0 aliphatic heterocycles. The number of hydrogen-bond donors (Lipinski definition) is 8. The second-order valence-electron chi connectivity index (χ2n) is 8.35. The fraction of sp³-hybridized carbons (Fsp3) is 0.435. The number of amides is 4. The summed E-state index contributed by atoms with van der Waals surface area (Å²) in [6, 6.07) is 2.43. The first-order valence-electron chi connectivity index (χ1n) is 11.5. The van der Waals surface area contributed by atoms with Crippen LogP contribution in [0.15, 0.2) is 30.3 Å². The highest BCUT2D eigenvalue weighted by atomic mass is 16.4. The minimum atomic E-state index is -1.58. The zero-order valence-corrected chi connectivity index (χ0v) is 20.3. The van der Waals surface area contributed by atoms with Crippen LogP contribution in [0.1, 0.15) is 37.7 Å². The van der Waals surface area contributed by atoms with Crippen LogP contribution in [-0.4, -0.2) is 81.0 Å². The number of carbonyl (C=O) groups is 7. The maximum absolute atomic E-state index is 13.0. The molecule has 1 aromatic carbocycles. The lowest BCUT2D eigenvalue weighted by Gasteiger charge is -2.25. The largest absolute Gasteiger partial charge is 0.481 e. The van der Waals surface area contributed by atoms with Gasteiger partial charge in [0, 0.05) is 19.3 Å². The number of benzene rings is 1. The molecule has 0 fully saturated rings. The molecule has 0 saturated carbocycles. The minimum Gasteiger partial charge on any atom is -0.481 e. The third-order valence-corrected chi connectivity index (χ3v) is 5.22. The van der Waals surface area contributed by atoms with Gasteiger partial charge in [-0.3, -0.25) is 28.8 Å². The number of primary amides is 1. The summed E-state index contributed by atoms with van der Waals surface area (Å²) < 4.78 is 0. The van der Waals surface area contributed by atoms with Crippen LogP contribution in [0.25, 0.3) is 0 Å². The van der Waals surface area contributed by atoms with Crippen LogP contribution in [0, 0.1) is 0 Å².